The van der Waals surface area contributed by atoms with E-state index in [4.69, 9.17) is 4.52 Å². The number of aromatic hydroxyl groups is 1. The number of phenols is 1. The maximum atomic E-state index is 9.43. The molecule has 2 heterocycles. The Bertz CT molecular complexity index is 533. The second kappa shape index (κ2) is 4.78. The molecule has 1 atom stereocenters. The molecular weight excluding hydrogens is 230 g/mol. The Kier molecular flexibility index (Phi) is 2.98. The van der Waals surface area contributed by atoms with E-state index in [1.807, 2.05) is 6.07 Å². The van der Waals surface area contributed by atoms with Gasteiger partial charge in [0.1, 0.15) is 5.75 Å². The van der Waals surface area contributed by atoms with E-state index >= 15 is 0 Å². The highest BCUT2D eigenvalue weighted by Gasteiger charge is 2.21. The second-order valence-electron chi connectivity index (χ2n) is 4.55. The van der Waals surface area contributed by atoms with Crippen LogP contribution in [0.25, 0.3) is 11.5 Å². The molecule has 1 aromatic heterocycles. The molecule has 2 aromatic rings. The van der Waals surface area contributed by atoms with Crippen molar-refractivity contribution >= 4 is 0 Å². The van der Waals surface area contributed by atoms with E-state index in [1.165, 1.54) is 0 Å². The van der Waals surface area contributed by atoms with Crippen LogP contribution in [0.3, 0.4) is 0 Å². The number of hydrogen-bond acceptors (Lipinski definition) is 5. The number of hydrogen-bond donors (Lipinski definition) is 2. The Morgan fingerprint density at radius 2 is 2.33 bits per heavy atom. The Hall–Kier alpha value is -1.88. The van der Waals surface area contributed by atoms with Crippen LogP contribution in [0, 0.1) is 0 Å². The van der Waals surface area contributed by atoms with Crippen molar-refractivity contribution in [3.05, 3.63) is 30.1 Å². The lowest BCUT2D eigenvalue weighted by Crippen LogP contribution is -2.28. The van der Waals surface area contributed by atoms with Gasteiger partial charge in [-0.25, -0.2) is 0 Å². The molecule has 94 valence electrons. The maximum Gasteiger partial charge on any atom is 0.258 e. The van der Waals surface area contributed by atoms with Crippen LogP contribution in [0.15, 0.2) is 28.8 Å². The molecule has 5 heteroatoms. The molecule has 1 saturated heterocycles. The number of phenolic OH excluding ortho intramolecular Hbond substituents is 1. The lowest BCUT2D eigenvalue weighted by Gasteiger charge is -2.19. The summed E-state index contributed by atoms with van der Waals surface area (Å²) >= 11 is 0. The van der Waals surface area contributed by atoms with Crippen molar-refractivity contribution in [3.63, 3.8) is 0 Å². The third-order valence-electron chi connectivity index (χ3n) is 3.20. The molecule has 3 rings (SSSR count). The van der Waals surface area contributed by atoms with E-state index in [0.29, 0.717) is 11.8 Å². The van der Waals surface area contributed by atoms with E-state index in [2.05, 4.69) is 15.5 Å². The molecule has 18 heavy (non-hydrogen) atoms. The number of nitrogens with zero attached hydrogens (tertiary/aromatic N) is 2. The lowest BCUT2D eigenvalue weighted by molar-refractivity contribution is 0.393. The van der Waals surface area contributed by atoms with Crippen molar-refractivity contribution in [2.75, 3.05) is 13.1 Å². The molecule has 1 aliphatic rings. The van der Waals surface area contributed by atoms with Crippen LogP contribution in [0.2, 0.25) is 0 Å². The first-order chi connectivity index (χ1) is 8.83. The van der Waals surface area contributed by atoms with Crippen LogP contribution >= 0.6 is 0 Å². The molecule has 1 aliphatic heterocycles. The molecule has 0 saturated carbocycles. The van der Waals surface area contributed by atoms with Crippen LogP contribution in [0.1, 0.15) is 24.6 Å². The van der Waals surface area contributed by atoms with Crippen molar-refractivity contribution in [2.45, 2.75) is 18.8 Å². The quantitative estimate of drug-likeness (QED) is 0.845. The minimum Gasteiger partial charge on any atom is -0.508 e. The fourth-order valence-corrected chi connectivity index (χ4v) is 2.23. The van der Waals surface area contributed by atoms with Crippen molar-refractivity contribution in [1.82, 2.24) is 15.5 Å². The van der Waals surface area contributed by atoms with Crippen molar-refractivity contribution in [1.29, 1.82) is 0 Å². The summed E-state index contributed by atoms with van der Waals surface area (Å²) < 4.78 is 5.26. The Morgan fingerprint density at radius 1 is 1.39 bits per heavy atom. The summed E-state index contributed by atoms with van der Waals surface area (Å²) in [6, 6.07) is 6.84. The summed E-state index contributed by atoms with van der Waals surface area (Å²) in [4.78, 5) is 4.42. The van der Waals surface area contributed by atoms with E-state index < -0.39 is 0 Å². The first-order valence-corrected chi connectivity index (χ1v) is 6.16. The molecule has 2 N–H and O–H groups in total. The first kappa shape index (κ1) is 11.2. The highest BCUT2D eigenvalue weighted by atomic mass is 16.5. The molecule has 0 aliphatic carbocycles. The van der Waals surface area contributed by atoms with Crippen LogP contribution in [0.4, 0.5) is 0 Å². The SMILES string of the molecule is Oc1cccc(-c2nc(C3CCCNC3)no2)c1. The number of piperidine rings is 1. The monoisotopic (exact) mass is 245 g/mol. The van der Waals surface area contributed by atoms with Crippen molar-refractivity contribution in [3.8, 4) is 17.2 Å². The molecule has 1 unspecified atom stereocenters. The zero-order chi connectivity index (χ0) is 12.4. The third-order valence-corrected chi connectivity index (χ3v) is 3.20. The van der Waals surface area contributed by atoms with Crippen LogP contribution in [0.5, 0.6) is 5.75 Å². The fraction of sp³-hybridized carbons (Fsp3) is 0.385. The smallest absolute Gasteiger partial charge is 0.258 e. The summed E-state index contributed by atoms with van der Waals surface area (Å²) in [5.74, 6) is 1.74. The average molecular weight is 245 g/mol. The number of aromatic nitrogens is 2. The van der Waals surface area contributed by atoms with Crippen molar-refractivity contribution in [2.24, 2.45) is 0 Å². The standard InChI is InChI=1S/C13H15N3O2/c17-11-5-1-3-9(7-11)13-15-12(16-18-13)10-4-2-6-14-8-10/h1,3,5,7,10,14,17H,2,4,6,8H2. The van der Waals surface area contributed by atoms with Crippen LogP contribution in [-0.4, -0.2) is 28.3 Å². The van der Waals surface area contributed by atoms with Gasteiger partial charge in [-0.05, 0) is 37.6 Å². The van der Waals surface area contributed by atoms with Gasteiger partial charge in [-0.15, -0.1) is 0 Å². The highest BCUT2D eigenvalue weighted by Crippen LogP contribution is 2.25. The van der Waals surface area contributed by atoms with Gasteiger partial charge in [-0.3, -0.25) is 0 Å². The predicted molar refractivity (Wildman–Crippen MR) is 66.2 cm³/mol. The molecule has 5 nitrogen and oxygen atoms in total. The van der Waals surface area contributed by atoms with E-state index in [9.17, 15) is 5.11 Å². The van der Waals surface area contributed by atoms with Gasteiger partial charge < -0.3 is 14.9 Å². The van der Waals surface area contributed by atoms with Gasteiger partial charge in [-0.1, -0.05) is 11.2 Å². The maximum absolute atomic E-state index is 9.43. The predicted octanol–water partition coefficient (Wildman–Crippen LogP) is 1.91. The van der Waals surface area contributed by atoms with Gasteiger partial charge in [0.05, 0.1) is 0 Å². The van der Waals surface area contributed by atoms with Gasteiger partial charge in [-0.2, -0.15) is 4.98 Å². The minimum atomic E-state index is 0.201. The van der Waals surface area contributed by atoms with Gasteiger partial charge in [0.25, 0.3) is 5.89 Å². The molecular formula is C13H15N3O2. The second-order valence-corrected chi connectivity index (χ2v) is 4.55. The largest absolute Gasteiger partial charge is 0.508 e. The van der Waals surface area contributed by atoms with E-state index in [0.717, 1.165) is 37.3 Å². The molecule has 0 amide bonds. The number of rotatable bonds is 2. The topological polar surface area (TPSA) is 71.2 Å². The minimum absolute atomic E-state index is 0.201. The Labute approximate surface area is 105 Å². The third kappa shape index (κ3) is 2.22. The molecule has 0 radical (unpaired) electrons. The molecule has 1 aromatic carbocycles. The van der Waals surface area contributed by atoms with E-state index in [1.54, 1.807) is 18.2 Å². The summed E-state index contributed by atoms with van der Waals surface area (Å²) in [5.41, 5.74) is 0.748. The van der Waals surface area contributed by atoms with Crippen LogP contribution in [-0.2, 0) is 0 Å². The lowest BCUT2D eigenvalue weighted by atomic mass is 9.99. The Morgan fingerprint density at radius 3 is 3.11 bits per heavy atom. The first-order valence-electron chi connectivity index (χ1n) is 6.16. The number of nitrogens with one attached hydrogen (secondary N) is 1. The molecule has 1 fully saturated rings. The number of benzene rings is 1. The van der Waals surface area contributed by atoms with Gasteiger partial charge in [0.15, 0.2) is 5.82 Å². The molecule has 0 bridgehead atoms. The fourth-order valence-electron chi connectivity index (χ4n) is 2.23. The summed E-state index contributed by atoms with van der Waals surface area (Å²) in [6.07, 6.45) is 2.23. The zero-order valence-electron chi connectivity index (χ0n) is 9.97. The summed E-state index contributed by atoms with van der Waals surface area (Å²) in [5, 5.41) is 16.8. The van der Waals surface area contributed by atoms with E-state index in [-0.39, 0.29) is 5.75 Å². The van der Waals surface area contributed by atoms with Crippen LogP contribution < -0.4 is 5.32 Å². The van der Waals surface area contributed by atoms with Gasteiger partial charge >= 0.3 is 0 Å². The molecule has 0 spiro atoms. The Balaban J connectivity index is 1.84. The average Bonchev–Trinajstić information content (AvgIpc) is 2.89. The van der Waals surface area contributed by atoms with Gasteiger partial charge in [0.2, 0.25) is 0 Å². The van der Waals surface area contributed by atoms with Crippen molar-refractivity contribution < 1.29 is 9.63 Å². The summed E-state index contributed by atoms with van der Waals surface area (Å²) in [7, 11) is 0. The highest BCUT2D eigenvalue weighted by molar-refractivity contribution is 5.55. The summed E-state index contributed by atoms with van der Waals surface area (Å²) in [6.45, 7) is 1.97. The van der Waals surface area contributed by atoms with Gasteiger partial charge in [0, 0.05) is 18.0 Å². The zero-order valence-corrected chi connectivity index (χ0v) is 9.97. The normalized spacial score (nSPS) is 19.9.